The first kappa shape index (κ1) is 19.3. The molecule has 1 aromatic heterocycles. The van der Waals surface area contributed by atoms with E-state index in [0.717, 1.165) is 22.1 Å². The number of para-hydroxylation sites is 1. The van der Waals surface area contributed by atoms with Gasteiger partial charge in [0.15, 0.2) is 0 Å². The van der Waals surface area contributed by atoms with E-state index in [2.05, 4.69) is 39.6 Å². The summed E-state index contributed by atoms with van der Waals surface area (Å²) in [5.74, 6) is -0.884. The number of anilines is 1. The molecule has 31 heavy (non-hydrogen) atoms. The lowest BCUT2D eigenvalue weighted by molar-refractivity contribution is 0.0684. The Kier molecular flexibility index (Phi) is 4.88. The fourth-order valence-electron chi connectivity index (χ4n) is 4.05. The molecule has 4 aromatic rings. The van der Waals surface area contributed by atoms with Gasteiger partial charge in [-0.1, -0.05) is 66.2 Å². The number of hydrogen-bond acceptors (Lipinski definition) is 4. The molecule has 0 fully saturated rings. The number of benzene rings is 3. The lowest BCUT2D eigenvalue weighted by atomic mass is 9.87. The van der Waals surface area contributed by atoms with Crippen molar-refractivity contribution in [1.82, 2.24) is 9.97 Å². The molecule has 2 N–H and O–H groups in total. The lowest BCUT2D eigenvalue weighted by Gasteiger charge is -2.22. The normalized spacial score (nSPS) is 14.5. The molecule has 0 saturated heterocycles. The molecule has 1 aliphatic rings. The van der Waals surface area contributed by atoms with Crippen LogP contribution in [-0.4, -0.2) is 27.6 Å². The molecule has 1 heterocycles. The van der Waals surface area contributed by atoms with Gasteiger partial charge in [-0.2, -0.15) is 0 Å². The first-order valence-corrected chi connectivity index (χ1v) is 10.3. The number of nitrogens with one attached hydrogen (secondary N) is 1. The molecule has 1 unspecified atom stereocenters. The average Bonchev–Trinajstić information content (AvgIpc) is 2.93. The Morgan fingerprint density at radius 3 is 2.52 bits per heavy atom. The monoisotopic (exact) mass is 427 g/mol. The molecule has 0 spiro atoms. The molecule has 1 atom stereocenters. The molecular weight excluding hydrogens is 410 g/mol. The van der Waals surface area contributed by atoms with Crippen molar-refractivity contribution in [3.63, 3.8) is 0 Å². The van der Waals surface area contributed by atoms with Crippen LogP contribution in [0.4, 0.5) is 5.82 Å². The van der Waals surface area contributed by atoms with E-state index < -0.39 is 5.97 Å². The van der Waals surface area contributed by atoms with Gasteiger partial charge < -0.3 is 10.4 Å². The molecule has 0 bridgehead atoms. The summed E-state index contributed by atoms with van der Waals surface area (Å²) in [6.45, 7) is 0.520. The van der Waals surface area contributed by atoms with E-state index in [1.165, 1.54) is 5.56 Å². The minimum absolute atomic E-state index is 0.00176. The molecule has 0 saturated carbocycles. The number of carboxylic acids is 1. The molecular formula is C25H18ClN3O2. The van der Waals surface area contributed by atoms with Crippen molar-refractivity contribution in [2.24, 2.45) is 0 Å². The third-order valence-corrected chi connectivity index (χ3v) is 5.74. The van der Waals surface area contributed by atoms with E-state index >= 15 is 0 Å². The van der Waals surface area contributed by atoms with Crippen molar-refractivity contribution in [2.45, 2.75) is 5.92 Å². The van der Waals surface area contributed by atoms with E-state index in [4.69, 9.17) is 11.6 Å². The zero-order valence-electron chi connectivity index (χ0n) is 16.4. The van der Waals surface area contributed by atoms with Crippen molar-refractivity contribution in [3.05, 3.63) is 99.8 Å². The maximum atomic E-state index is 11.5. The van der Waals surface area contributed by atoms with E-state index in [0.29, 0.717) is 22.9 Å². The van der Waals surface area contributed by atoms with Gasteiger partial charge in [-0.3, -0.25) is 0 Å². The Morgan fingerprint density at radius 1 is 0.935 bits per heavy atom. The standard InChI is InChI=1S/C25H18ClN3O2/c26-17-12-11-16-10-9-15-5-1-2-6-18(15)21(20(16)13-17)14-27-23-19-7-3-4-8-22(19)28-24(29-23)25(30)31/h1-13,21H,14H2,(H,30,31)(H,27,28,29). The number of halogens is 1. The van der Waals surface area contributed by atoms with Crippen LogP contribution in [0.5, 0.6) is 0 Å². The number of hydrogen-bond donors (Lipinski definition) is 2. The molecule has 0 radical (unpaired) electrons. The summed E-state index contributed by atoms with van der Waals surface area (Å²) in [7, 11) is 0. The van der Waals surface area contributed by atoms with Crippen LogP contribution in [0.25, 0.3) is 23.1 Å². The fraction of sp³-hybridized carbons (Fsp3) is 0.0800. The van der Waals surface area contributed by atoms with Gasteiger partial charge in [-0.15, -0.1) is 0 Å². The highest BCUT2D eigenvalue weighted by Gasteiger charge is 2.22. The summed E-state index contributed by atoms with van der Waals surface area (Å²) in [4.78, 5) is 20.0. The summed E-state index contributed by atoms with van der Waals surface area (Å²) in [6, 6.07) is 21.6. The first-order chi connectivity index (χ1) is 15.1. The van der Waals surface area contributed by atoms with Crippen LogP contribution >= 0.6 is 11.6 Å². The molecule has 152 valence electrons. The van der Waals surface area contributed by atoms with Crippen LogP contribution in [0.2, 0.25) is 5.02 Å². The second kappa shape index (κ2) is 7.85. The number of nitrogens with zero attached hydrogens (tertiary/aromatic N) is 2. The van der Waals surface area contributed by atoms with Crippen LogP contribution in [-0.2, 0) is 0 Å². The predicted octanol–water partition coefficient (Wildman–Crippen LogP) is 5.71. The minimum atomic E-state index is -1.16. The number of carbonyl (C=O) groups is 1. The quantitative estimate of drug-likeness (QED) is 0.436. The SMILES string of the molecule is O=C(O)c1nc(NCC2c3ccccc3C=Cc3ccc(Cl)cc32)c2ccccc2n1. The second-order valence-corrected chi connectivity index (χ2v) is 7.82. The second-order valence-electron chi connectivity index (χ2n) is 7.39. The number of fused-ring (bicyclic) bond motifs is 3. The van der Waals surface area contributed by atoms with Crippen molar-refractivity contribution in [3.8, 4) is 0 Å². The molecule has 1 aliphatic carbocycles. The Morgan fingerprint density at radius 2 is 1.68 bits per heavy atom. The molecule has 0 amide bonds. The Labute approximate surface area is 184 Å². The summed E-state index contributed by atoms with van der Waals surface area (Å²) in [5.41, 5.74) is 5.11. The highest BCUT2D eigenvalue weighted by Crippen LogP contribution is 2.36. The maximum absolute atomic E-state index is 11.5. The zero-order valence-corrected chi connectivity index (χ0v) is 17.2. The maximum Gasteiger partial charge on any atom is 0.374 e. The number of aromatic nitrogens is 2. The van der Waals surface area contributed by atoms with Gasteiger partial charge in [0.2, 0.25) is 5.82 Å². The zero-order chi connectivity index (χ0) is 21.4. The topological polar surface area (TPSA) is 75.1 Å². The van der Waals surface area contributed by atoms with Gasteiger partial charge in [-0.05, 0) is 46.5 Å². The number of aromatic carboxylic acids is 1. The Bertz CT molecular complexity index is 1350. The van der Waals surface area contributed by atoms with E-state index in [-0.39, 0.29) is 11.7 Å². The van der Waals surface area contributed by atoms with Crippen LogP contribution in [0.15, 0.2) is 66.7 Å². The van der Waals surface area contributed by atoms with Crippen molar-refractivity contribution >= 4 is 46.4 Å². The average molecular weight is 428 g/mol. The number of carboxylic acid groups (broad SMARTS) is 1. The van der Waals surface area contributed by atoms with Gasteiger partial charge >= 0.3 is 5.97 Å². The van der Waals surface area contributed by atoms with E-state index in [9.17, 15) is 9.90 Å². The molecule has 0 aliphatic heterocycles. The van der Waals surface area contributed by atoms with Gasteiger partial charge in [0.25, 0.3) is 0 Å². The van der Waals surface area contributed by atoms with Crippen LogP contribution in [0, 0.1) is 0 Å². The lowest BCUT2D eigenvalue weighted by Crippen LogP contribution is -2.17. The summed E-state index contributed by atoms with van der Waals surface area (Å²) in [6.07, 6.45) is 4.22. The van der Waals surface area contributed by atoms with Crippen molar-refractivity contribution in [1.29, 1.82) is 0 Å². The third-order valence-electron chi connectivity index (χ3n) is 5.51. The first-order valence-electron chi connectivity index (χ1n) is 9.90. The summed E-state index contributed by atoms with van der Waals surface area (Å²) < 4.78 is 0. The van der Waals surface area contributed by atoms with E-state index in [1.54, 1.807) is 6.07 Å². The highest BCUT2D eigenvalue weighted by atomic mass is 35.5. The third kappa shape index (κ3) is 3.64. The highest BCUT2D eigenvalue weighted by molar-refractivity contribution is 6.30. The Hall–Kier alpha value is -3.70. The van der Waals surface area contributed by atoms with Crippen LogP contribution in [0.3, 0.4) is 0 Å². The Balaban J connectivity index is 1.59. The van der Waals surface area contributed by atoms with Crippen LogP contribution < -0.4 is 5.32 Å². The number of rotatable bonds is 4. The van der Waals surface area contributed by atoms with Gasteiger partial charge in [0, 0.05) is 22.9 Å². The van der Waals surface area contributed by atoms with Gasteiger partial charge in [0.1, 0.15) is 5.82 Å². The predicted molar refractivity (Wildman–Crippen MR) is 124 cm³/mol. The molecule has 5 nitrogen and oxygen atoms in total. The van der Waals surface area contributed by atoms with Crippen molar-refractivity contribution < 1.29 is 9.90 Å². The molecule has 6 heteroatoms. The van der Waals surface area contributed by atoms with Gasteiger partial charge in [-0.25, -0.2) is 14.8 Å². The smallest absolute Gasteiger partial charge is 0.374 e. The van der Waals surface area contributed by atoms with Gasteiger partial charge in [0.05, 0.1) is 5.52 Å². The van der Waals surface area contributed by atoms with Crippen molar-refractivity contribution in [2.75, 3.05) is 11.9 Å². The van der Waals surface area contributed by atoms with Crippen LogP contribution in [0.1, 0.15) is 38.8 Å². The summed E-state index contributed by atoms with van der Waals surface area (Å²) >= 11 is 6.34. The largest absolute Gasteiger partial charge is 0.475 e. The van der Waals surface area contributed by atoms with E-state index in [1.807, 2.05) is 48.5 Å². The minimum Gasteiger partial charge on any atom is -0.475 e. The summed E-state index contributed by atoms with van der Waals surface area (Å²) in [5, 5.41) is 14.3. The fourth-order valence-corrected chi connectivity index (χ4v) is 4.23. The molecule has 5 rings (SSSR count). The molecule has 3 aromatic carbocycles.